The van der Waals surface area contributed by atoms with Crippen molar-refractivity contribution in [2.45, 2.75) is 25.8 Å². The van der Waals surface area contributed by atoms with Crippen LogP contribution in [-0.4, -0.2) is 63.8 Å². The van der Waals surface area contributed by atoms with Gasteiger partial charge in [0, 0.05) is 45.6 Å². The van der Waals surface area contributed by atoms with E-state index in [9.17, 15) is 9.59 Å². The fourth-order valence-electron chi connectivity index (χ4n) is 3.36. The fourth-order valence-corrected chi connectivity index (χ4v) is 3.36. The van der Waals surface area contributed by atoms with Gasteiger partial charge in [0.05, 0.1) is 6.61 Å². The van der Waals surface area contributed by atoms with E-state index in [0.29, 0.717) is 26.2 Å². The van der Waals surface area contributed by atoms with E-state index in [1.165, 1.54) is 0 Å². The van der Waals surface area contributed by atoms with Gasteiger partial charge in [-0.2, -0.15) is 0 Å². The lowest BCUT2D eigenvalue weighted by Crippen LogP contribution is -2.47. The predicted octanol–water partition coefficient (Wildman–Crippen LogP) is 1.35. The van der Waals surface area contributed by atoms with Gasteiger partial charge < -0.3 is 25.6 Å². The highest BCUT2D eigenvalue weighted by atomic mass is 16.5. The molecule has 0 aromatic heterocycles. The van der Waals surface area contributed by atoms with Gasteiger partial charge >= 0.3 is 6.03 Å². The molecule has 0 saturated carbocycles. The third kappa shape index (κ3) is 7.19. The molecule has 0 spiro atoms. The van der Waals surface area contributed by atoms with E-state index in [0.717, 1.165) is 31.5 Å². The number of hydrogen-bond acceptors (Lipinski definition) is 4. The van der Waals surface area contributed by atoms with Gasteiger partial charge in [-0.15, -0.1) is 0 Å². The first-order valence-electron chi connectivity index (χ1n) is 9.54. The monoisotopic (exact) mass is 376 g/mol. The number of carbonyl (C=O) groups is 2. The molecule has 1 heterocycles. The Kier molecular flexibility index (Phi) is 8.54. The summed E-state index contributed by atoms with van der Waals surface area (Å²) in [5, 5.41) is 9.15. The average Bonchev–Trinajstić information content (AvgIpc) is 2.68. The van der Waals surface area contributed by atoms with Crippen molar-refractivity contribution in [3.8, 4) is 0 Å². The van der Waals surface area contributed by atoms with Crippen molar-refractivity contribution in [1.82, 2.24) is 20.9 Å². The molecule has 3 amide bonds. The quantitative estimate of drug-likeness (QED) is 0.608. The van der Waals surface area contributed by atoms with Crippen LogP contribution in [0.3, 0.4) is 0 Å². The predicted molar refractivity (Wildman–Crippen MR) is 105 cm³/mol. The van der Waals surface area contributed by atoms with Crippen LogP contribution >= 0.6 is 0 Å². The summed E-state index contributed by atoms with van der Waals surface area (Å²) in [6.45, 7) is 4.01. The molecule has 3 N–H and O–H groups in total. The van der Waals surface area contributed by atoms with Crippen molar-refractivity contribution < 1.29 is 14.3 Å². The van der Waals surface area contributed by atoms with Crippen LogP contribution < -0.4 is 16.0 Å². The average molecular weight is 377 g/mol. The molecule has 1 fully saturated rings. The summed E-state index contributed by atoms with van der Waals surface area (Å²) in [7, 11) is 3.45. The first kappa shape index (κ1) is 21.2. The Balaban J connectivity index is 1.66. The molecule has 1 aliphatic rings. The van der Waals surface area contributed by atoms with Crippen LogP contribution in [0.2, 0.25) is 0 Å². The number of nitrogens with zero attached hydrogens (tertiary/aromatic N) is 1. The van der Waals surface area contributed by atoms with Crippen molar-refractivity contribution >= 4 is 11.9 Å². The van der Waals surface area contributed by atoms with Crippen molar-refractivity contribution in [1.29, 1.82) is 0 Å². The molecule has 150 valence electrons. The van der Waals surface area contributed by atoms with Gasteiger partial charge in [-0.05, 0) is 31.5 Å². The largest absolute Gasteiger partial charge is 0.384 e. The third-order valence-corrected chi connectivity index (χ3v) is 5.01. The van der Waals surface area contributed by atoms with Gasteiger partial charge in [-0.3, -0.25) is 4.79 Å². The van der Waals surface area contributed by atoms with Gasteiger partial charge in [0.15, 0.2) is 0 Å². The van der Waals surface area contributed by atoms with Crippen molar-refractivity contribution in [2.24, 2.45) is 5.41 Å². The summed E-state index contributed by atoms with van der Waals surface area (Å²) in [5.41, 5.74) is 1.08. The minimum Gasteiger partial charge on any atom is -0.384 e. The summed E-state index contributed by atoms with van der Waals surface area (Å²) in [6.07, 6.45) is 2.25. The summed E-state index contributed by atoms with van der Waals surface area (Å²) in [5.74, 6) is -0.0463. The molecule has 1 aromatic rings. The number of ether oxygens (including phenoxy) is 1. The van der Waals surface area contributed by atoms with Gasteiger partial charge in [0.25, 0.3) is 0 Å². The summed E-state index contributed by atoms with van der Waals surface area (Å²) >= 11 is 0. The Labute approximate surface area is 161 Å². The number of benzene rings is 1. The molecule has 1 saturated heterocycles. The van der Waals surface area contributed by atoms with E-state index in [-0.39, 0.29) is 23.8 Å². The molecule has 0 radical (unpaired) electrons. The zero-order chi connectivity index (χ0) is 19.5. The number of urea groups is 1. The Bertz CT molecular complexity index is 583. The molecule has 0 bridgehead atoms. The highest BCUT2D eigenvalue weighted by Gasteiger charge is 2.32. The molecule has 7 nitrogen and oxygen atoms in total. The first-order valence-corrected chi connectivity index (χ1v) is 9.54. The van der Waals surface area contributed by atoms with E-state index < -0.39 is 0 Å². The third-order valence-electron chi connectivity index (χ3n) is 5.01. The van der Waals surface area contributed by atoms with Crippen LogP contribution in [-0.2, 0) is 16.1 Å². The van der Waals surface area contributed by atoms with Gasteiger partial charge in [0.1, 0.15) is 0 Å². The van der Waals surface area contributed by atoms with Crippen molar-refractivity contribution in [3.63, 3.8) is 0 Å². The van der Waals surface area contributed by atoms with E-state index in [4.69, 9.17) is 4.74 Å². The van der Waals surface area contributed by atoms with Gasteiger partial charge in [-0.1, -0.05) is 30.3 Å². The molecule has 2 rings (SSSR count). The molecular weight excluding hydrogens is 344 g/mol. The first-order chi connectivity index (χ1) is 13.0. The number of nitrogens with one attached hydrogen (secondary N) is 3. The fraction of sp³-hybridized carbons (Fsp3) is 0.600. The zero-order valence-electron chi connectivity index (χ0n) is 16.4. The van der Waals surface area contributed by atoms with Crippen molar-refractivity contribution in [3.05, 3.63) is 35.9 Å². The minimum absolute atomic E-state index is 0.00874. The Morgan fingerprint density at radius 3 is 2.56 bits per heavy atom. The lowest BCUT2D eigenvalue weighted by atomic mass is 9.79. The minimum atomic E-state index is -0.180. The molecule has 7 heteroatoms. The van der Waals surface area contributed by atoms with E-state index >= 15 is 0 Å². The number of hydrogen-bond donors (Lipinski definition) is 3. The van der Waals surface area contributed by atoms with Crippen LogP contribution in [0.4, 0.5) is 4.79 Å². The maximum Gasteiger partial charge on any atom is 0.317 e. The number of amides is 3. The molecule has 1 aliphatic heterocycles. The Hall–Kier alpha value is -2.12. The highest BCUT2D eigenvalue weighted by Crippen LogP contribution is 2.28. The van der Waals surface area contributed by atoms with Crippen LogP contribution in [0.1, 0.15) is 24.8 Å². The second-order valence-corrected chi connectivity index (χ2v) is 7.28. The maximum absolute atomic E-state index is 12.1. The van der Waals surface area contributed by atoms with Gasteiger partial charge in [0.2, 0.25) is 5.91 Å². The van der Waals surface area contributed by atoms with Crippen LogP contribution in [0.25, 0.3) is 0 Å². The Morgan fingerprint density at radius 2 is 1.89 bits per heavy atom. The van der Waals surface area contributed by atoms with E-state index in [1.807, 2.05) is 30.3 Å². The van der Waals surface area contributed by atoms with Crippen molar-refractivity contribution in [2.75, 3.05) is 46.9 Å². The normalized spacial score (nSPS) is 15.8. The molecule has 0 aliphatic carbocycles. The van der Waals surface area contributed by atoms with Crippen LogP contribution in [0, 0.1) is 5.41 Å². The SMILES string of the molecule is COCC1(CNC(=O)CCNC(=O)N(C)Cc2ccccc2)CCNCC1. The van der Waals surface area contributed by atoms with Crippen LogP contribution in [0.5, 0.6) is 0 Å². The molecular formula is C20H32N4O3. The Morgan fingerprint density at radius 1 is 1.19 bits per heavy atom. The lowest BCUT2D eigenvalue weighted by molar-refractivity contribution is -0.121. The standard InChI is InChI=1S/C20H32N4O3/c1-24(14-17-6-4-3-5-7-17)19(26)22-11-8-18(25)23-15-20(16-27-2)9-12-21-13-10-20/h3-7,21H,8-16H2,1-2H3,(H,22,26)(H,23,25). The topological polar surface area (TPSA) is 82.7 Å². The highest BCUT2D eigenvalue weighted by molar-refractivity contribution is 5.78. The number of carbonyl (C=O) groups excluding carboxylic acids is 2. The lowest BCUT2D eigenvalue weighted by Gasteiger charge is -2.37. The summed E-state index contributed by atoms with van der Waals surface area (Å²) < 4.78 is 5.36. The second kappa shape index (κ2) is 10.9. The molecule has 27 heavy (non-hydrogen) atoms. The van der Waals surface area contributed by atoms with Gasteiger partial charge in [-0.25, -0.2) is 4.79 Å². The summed E-state index contributed by atoms with van der Waals surface area (Å²) in [4.78, 5) is 25.9. The van der Waals surface area contributed by atoms with E-state index in [1.54, 1.807) is 19.1 Å². The van der Waals surface area contributed by atoms with E-state index in [2.05, 4.69) is 16.0 Å². The molecule has 1 aromatic carbocycles. The number of rotatable bonds is 9. The second-order valence-electron chi connectivity index (χ2n) is 7.28. The smallest absolute Gasteiger partial charge is 0.317 e. The molecule has 0 atom stereocenters. The number of piperidine rings is 1. The summed E-state index contributed by atoms with van der Waals surface area (Å²) in [6, 6.07) is 9.62. The zero-order valence-corrected chi connectivity index (χ0v) is 16.4. The maximum atomic E-state index is 12.1. The van der Waals surface area contributed by atoms with Crippen LogP contribution in [0.15, 0.2) is 30.3 Å². The number of methoxy groups -OCH3 is 1. The molecule has 0 unspecified atom stereocenters.